The van der Waals surface area contributed by atoms with Gasteiger partial charge < -0.3 is 10.6 Å². The van der Waals surface area contributed by atoms with Crippen molar-refractivity contribution in [3.63, 3.8) is 0 Å². The maximum Gasteiger partial charge on any atom is 0.133 e. The Morgan fingerprint density at radius 1 is 1.14 bits per heavy atom. The van der Waals surface area contributed by atoms with Gasteiger partial charge >= 0.3 is 0 Å². The minimum absolute atomic E-state index is 0.320. The van der Waals surface area contributed by atoms with Crippen molar-refractivity contribution in [1.82, 2.24) is 9.97 Å². The number of nitrogens with zero attached hydrogens (tertiary/aromatic N) is 3. The summed E-state index contributed by atoms with van der Waals surface area (Å²) in [5, 5.41) is 0. The highest BCUT2D eigenvalue weighted by molar-refractivity contribution is 5.41. The third-order valence-electron chi connectivity index (χ3n) is 3.31. The number of aryl methyl sites for hydroxylation is 1. The molecule has 0 atom stereocenters. The number of aromatic nitrogens is 2. The average molecular weight is 284 g/mol. The van der Waals surface area contributed by atoms with E-state index in [0.717, 1.165) is 30.4 Å². The van der Waals surface area contributed by atoms with E-state index < -0.39 is 0 Å². The van der Waals surface area contributed by atoms with Crippen LogP contribution < -0.4 is 10.6 Å². The molecule has 0 fully saturated rings. The van der Waals surface area contributed by atoms with Crippen LogP contribution >= 0.6 is 0 Å². The highest BCUT2D eigenvalue weighted by Gasteiger charge is 2.12. The Hall–Kier alpha value is -1.94. The summed E-state index contributed by atoms with van der Waals surface area (Å²) in [5.41, 5.74) is 8.03. The molecule has 2 aromatic rings. The van der Waals surface area contributed by atoms with Crippen LogP contribution in [0.25, 0.3) is 0 Å². The normalized spacial score (nSPS) is 10.9. The molecule has 21 heavy (non-hydrogen) atoms. The van der Waals surface area contributed by atoms with Gasteiger partial charge in [0.15, 0.2) is 0 Å². The summed E-state index contributed by atoms with van der Waals surface area (Å²) < 4.78 is 0. The summed E-state index contributed by atoms with van der Waals surface area (Å²) in [6, 6.07) is 12.4. The molecule has 0 aliphatic carbocycles. The van der Waals surface area contributed by atoms with E-state index >= 15 is 0 Å². The molecule has 1 heterocycles. The lowest BCUT2D eigenvalue weighted by atomic mass is 10.2. The maximum atomic E-state index is 5.77. The van der Waals surface area contributed by atoms with Gasteiger partial charge in [-0.05, 0) is 12.5 Å². The van der Waals surface area contributed by atoms with E-state index in [4.69, 9.17) is 10.7 Å². The first-order chi connectivity index (χ1) is 10.1. The third-order valence-corrected chi connectivity index (χ3v) is 3.31. The fourth-order valence-corrected chi connectivity index (χ4v) is 2.23. The molecule has 0 unspecified atom stereocenters. The molecule has 4 heteroatoms. The van der Waals surface area contributed by atoms with Crippen LogP contribution in [0.1, 0.15) is 36.8 Å². The van der Waals surface area contributed by atoms with Crippen LogP contribution in [-0.2, 0) is 6.54 Å². The van der Waals surface area contributed by atoms with E-state index in [9.17, 15) is 0 Å². The largest absolute Gasteiger partial charge is 0.351 e. The van der Waals surface area contributed by atoms with Crippen LogP contribution in [0.4, 0.5) is 5.82 Å². The lowest BCUT2D eigenvalue weighted by Crippen LogP contribution is -2.30. The molecule has 0 aliphatic rings. The Balaban J connectivity index is 2.29. The van der Waals surface area contributed by atoms with Gasteiger partial charge in [-0.3, -0.25) is 0 Å². The Morgan fingerprint density at radius 3 is 2.48 bits per heavy atom. The molecular formula is C17H24N4. The van der Waals surface area contributed by atoms with E-state index in [2.05, 4.69) is 48.0 Å². The van der Waals surface area contributed by atoms with Crippen LogP contribution in [0.2, 0.25) is 0 Å². The fraction of sp³-hybridized carbons (Fsp3) is 0.412. The predicted octanol–water partition coefficient (Wildman–Crippen LogP) is 2.87. The summed E-state index contributed by atoms with van der Waals surface area (Å²) in [6.07, 6.45) is 0. The van der Waals surface area contributed by atoms with E-state index in [1.54, 1.807) is 0 Å². The SMILES string of the molecule is Cc1cc(N(CCN)Cc2ccccc2)nc(C(C)C)n1. The Kier molecular flexibility index (Phi) is 5.28. The summed E-state index contributed by atoms with van der Waals surface area (Å²) >= 11 is 0. The van der Waals surface area contributed by atoms with Gasteiger partial charge in [-0.1, -0.05) is 44.2 Å². The number of anilines is 1. The van der Waals surface area contributed by atoms with Crippen LogP contribution in [0, 0.1) is 6.92 Å². The third kappa shape index (κ3) is 4.26. The first kappa shape index (κ1) is 15.4. The zero-order chi connectivity index (χ0) is 15.2. The molecule has 0 saturated heterocycles. The van der Waals surface area contributed by atoms with Gasteiger partial charge in [0, 0.05) is 37.3 Å². The van der Waals surface area contributed by atoms with Crippen molar-refractivity contribution >= 4 is 5.82 Å². The molecule has 0 radical (unpaired) electrons. The average Bonchev–Trinajstić information content (AvgIpc) is 2.47. The fourth-order valence-electron chi connectivity index (χ4n) is 2.23. The van der Waals surface area contributed by atoms with E-state index in [0.29, 0.717) is 12.5 Å². The lowest BCUT2D eigenvalue weighted by molar-refractivity contribution is 0.730. The lowest BCUT2D eigenvalue weighted by Gasteiger charge is -2.24. The quantitative estimate of drug-likeness (QED) is 0.886. The van der Waals surface area contributed by atoms with Crippen molar-refractivity contribution in [2.45, 2.75) is 33.2 Å². The second-order valence-corrected chi connectivity index (χ2v) is 5.58. The van der Waals surface area contributed by atoms with Gasteiger partial charge in [0.1, 0.15) is 11.6 Å². The molecule has 4 nitrogen and oxygen atoms in total. The van der Waals surface area contributed by atoms with E-state index in [1.807, 2.05) is 19.1 Å². The number of benzene rings is 1. The van der Waals surface area contributed by atoms with Gasteiger partial charge in [0.25, 0.3) is 0 Å². The van der Waals surface area contributed by atoms with Crippen LogP contribution in [-0.4, -0.2) is 23.1 Å². The molecule has 2 N–H and O–H groups in total. The molecular weight excluding hydrogens is 260 g/mol. The predicted molar refractivity (Wildman–Crippen MR) is 87.4 cm³/mol. The first-order valence-electron chi connectivity index (χ1n) is 7.44. The van der Waals surface area contributed by atoms with Crippen molar-refractivity contribution in [1.29, 1.82) is 0 Å². The number of nitrogens with two attached hydrogens (primary N) is 1. The zero-order valence-electron chi connectivity index (χ0n) is 13.1. The van der Waals surface area contributed by atoms with Crippen molar-refractivity contribution in [3.05, 3.63) is 53.5 Å². The second-order valence-electron chi connectivity index (χ2n) is 5.58. The summed E-state index contributed by atoms with van der Waals surface area (Å²) in [6.45, 7) is 8.44. The van der Waals surface area contributed by atoms with Crippen molar-refractivity contribution in [2.75, 3.05) is 18.0 Å². The Bertz CT molecular complexity index is 566. The molecule has 0 amide bonds. The van der Waals surface area contributed by atoms with E-state index in [1.165, 1.54) is 5.56 Å². The highest BCUT2D eigenvalue weighted by atomic mass is 15.2. The molecule has 0 saturated carbocycles. The highest BCUT2D eigenvalue weighted by Crippen LogP contribution is 2.19. The molecule has 2 rings (SSSR count). The van der Waals surface area contributed by atoms with Gasteiger partial charge in [0.05, 0.1) is 0 Å². The number of hydrogen-bond acceptors (Lipinski definition) is 4. The monoisotopic (exact) mass is 284 g/mol. The molecule has 1 aromatic heterocycles. The number of rotatable bonds is 6. The van der Waals surface area contributed by atoms with Crippen molar-refractivity contribution < 1.29 is 0 Å². The van der Waals surface area contributed by atoms with Gasteiger partial charge in [-0.15, -0.1) is 0 Å². The van der Waals surface area contributed by atoms with Crippen LogP contribution in [0.3, 0.4) is 0 Å². The molecule has 0 bridgehead atoms. The molecule has 0 spiro atoms. The number of hydrogen-bond donors (Lipinski definition) is 1. The Labute approximate surface area is 127 Å². The minimum atomic E-state index is 0.320. The van der Waals surface area contributed by atoms with Crippen LogP contribution in [0.15, 0.2) is 36.4 Å². The zero-order valence-corrected chi connectivity index (χ0v) is 13.1. The smallest absolute Gasteiger partial charge is 0.133 e. The second kappa shape index (κ2) is 7.18. The van der Waals surface area contributed by atoms with Crippen molar-refractivity contribution in [2.24, 2.45) is 5.73 Å². The Morgan fingerprint density at radius 2 is 1.86 bits per heavy atom. The van der Waals surface area contributed by atoms with Gasteiger partial charge in [-0.25, -0.2) is 9.97 Å². The maximum absolute atomic E-state index is 5.77. The summed E-state index contributed by atoms with van der Waals surface area (Å²) in [7, 11) is 0. The topological polar surface area (TPSA) is 55.0 Å². The van der Waals surface area contributed by atoms with Crippen molar-refractivity contribution in [3.8, 4) is 0 Å². The standard InChI is InChI=1S/C17H24N4/c1-13(2)17-19-14(3)11-16(20-17)21(10-9-18)12-15-7-5-4-6-8-15/h4-8,11,13H,9-10,12,18H2,1-3H3. The minimum Gasteiger partial charge on any atom is -0.351 e. The summed E-state index contributed by atoms with van der Waals surface area (Å²) in [5.74, 6) is 2.17. The van der Waals surface area contributed by atoms with Gasteiger partial charge in [-0.2, -0.15) is 0 Å². The van der Waals surface area contributed by atoms with Gasteiger partial charge in [0.2, 0.25) is 0 Å². The molecule has 1 aromatic carbocycles. The first-order valence-corrected chi connectivity index (χ1v) is 7.44. The van der Waals surface area contributed by atoms with E-state index in [-0.39, 0.29) is 0 Å². The summed E-state index contributed by atoms with van der Waals surface area (Å²) in [4.78, 5) is 11.4. The van der Waals surface area contributed by atoms with Crippen LogP contribution in [0.5, 0.6) is 0 Å². The molecule has 0 aliphatic heterocycles. The molecule has 112 valence electrons.